The molecule has 0 aliphatic heterocycles. The summed E-state index contributed by atoms with van der Waals surface area (Å²) in [7, 11) is 0. The molecule has 1 aromatic rings. The van der Waals surface area contributed by atoms with Crippen molar-refractivity contribution in [3.8, 4) is 0 Å². The molecule has 1 atom stereocenters. The minimum Gasteiger partial charge on any atom is -0.480 e. The number of nitrogens with one attached hydrogen (secondary N) is 1. The summed E-state index contributed by atoms with van der Waals surface area (Å²) in [5.41, 5.74) is 0.608. The Balaban J connectivity index is 2.69. The van der Waals surface area contributed by atoms with E-state index in [2.05, 4.69) is 14.9 Å². The van der Waals surface area contributed by atoms with E-state index in [1.807, 2.05) is 13.8 Å². The summed E-state index contributed by atoms with van der Waals surface area (Å²) in [4.78, 5) is 23.3. The van der Waals surface area contributed by atoms with Crippen molar-refractivity contribution in [3.05, 3.63) is 10.6 Å². The van der Waals surface area contributed by atoms with Crippen molar-refractivity contribution in [2.45, 2.75) is 45.6 Å². The molecule has 100 valence electrons. The Hall–Kier alpha value is -1.50. The van der Waals surface area contributed by atoms with Gasteiger partial charge in [-0.1, -0.05) is 31.2 Å². The molecule has 1 rings (SSSR count). The number of carbonyl (C=O) groups excluding carboxylic acids is 1. The van der Waals surface area contributed by atoms with E-state index in [9.17, 15) is 9.59 Å². The Morgan fingerprint density at radius 3 is 2.72 bits per heavy atom. The first kappa shape index (κ1) is 14.6. The van der Waals surface area contributed by atoms with Crippen LogP contribution in [0.5, 0.6) is 0 Å². The van der Waals surface area contributed by atoms with Gasteiger partial charge in [-0.3, -0.25) is 4.79 Å². The first-order valence-electron chi connectivity index (χ1n) is 5.95. The molecule has 2 N–H and O–H groups in total. The van der Waals surface area contributed by atoms with Crippen LogP contribution in [-0.2, 0) is 11.2 Å². The molecular weight excluding hydrogens is 254 g/mol. The number of carbonyl (C=O) groups is 2. The van der Waals surface area contributed by atoms with Crippen LogP contribution >= 0.6 is 11.5 Å². The first-order chi connectivity index (χ1) is 8.60. The maximum absolute atomic E-state index is 11.9. The molecule has 0 spiro atoms. The molecular formula is C11H17N3O3S. The molecule has 0 saturated heterocycles. The quantitative estimate of drug-likeness (QED) is 0.783. The van der Waals surface area contributed by atoms with Crippen molar-refractivity contribution in [3.63, 3.8) is 0 Å². The van der Waals surface area contributed by atoms with E-state index in [0.717, 1.165) is 24.4 Å². The summed E-state index contributed by atoms with van der Waals surface area (Å²) in [6.45, 7) is 3.85. The van der Waals surface area contributed by atoms with Gasteiger partial charge >= 0.3 is 5.97 Å². The molecule has 1 amide bonds. The van der Waals surface area contributed by atoms with Gasteiger partial charge < -0.3 is 10.4 Å². The van der Waals surface area contributed by atoms with Gasteiger partial charge in [0.1, 0.15) is 10.9 Å². The van der Waals surface area contributed by atoms with Gasteiger partial charge in [0.15, 0.2) is 0 Å². The minimum atomic E-state index is -1.01. The fraction of sp³-hybridized carbons (Fsp3) is 0.636. The molecule has 0 aliphatic carbocycles. The number of unbranched alkanes of at least 4 members (excludes halogenated alkanes) is 1. The van der Waals surface area contributed by atoms with Gasteiger partial charge in [0.05, 0.1) is 5.69 Å². The van der Waals surface area contributed by atoms with Gasteiger partial charge in [0, 0.05) is 0 Å². The highest BCUT2D eigenvalue weighted by molar-refractivity contribution is 7.08. The Bertz CT molecular complexity index is 419. The SMILES string of the molecule is CCCC[C@H](NC(=O)c1snnc1CC)C(=O)O. The second-order valence-corrected chi connectivity index (χ2v) is 4.66. The van der Waals surface area contributed by atoms with E-state index in [1.165, 1.54) is 0 Å². The summed E-state index contributed by atoms with van der Waals surface area (Å²) in [5, 5.41) is 15.4. The van der Waals surface area contributed by atoms with Gasteiger partial charge in [-0.05, 0) is 24.4 Å². The number of hydrogen-bond donors (Lipinski definition) is 2. The van der Waals surface area contributed by atoms with E-state index in [1.54, 1.807) is 0 Å². The standard InChI is InChI=1S/C11H17N3O3S/c1-3-5-6-8(11(16)17)12-10(15)9-7(4-2)13-14-18-9/h8H,3-6H2,1-2H3,(H,12,15)(H,16,17)/t8-/m0/s1. The zero-order chi connectivity index (χ0) is 13.5. The summed E-state index contributed by atoms with van der Waals surface area (Å²) in [6.07, 6.45) is 2.69. The van der Waals surface area contributed by atoms with Gasteiger partial charge in [0.2, 0.25) is 0 Å². The number of carboxylic acid groups (broad SMARTS) is 1. The van der Waals surface area contributed by atoms with Crippen LogP contribution in [0, 0.1) is 0 Å². The number of aliphatic carboxylic acids is 1. The second-order valence-electron chi connectivity index (χ2n) is 3.91. The van der Waals surface area contributed by atoms with E-state index < -0.39 is 17.9 Å². The first-order valence-corrected chi connectivity index (χ1v) is 6.72. The van der Waals surface area contributed by atoms with Gasteiger partial charge in [-0.25, -0.2) is 4.79 Å². The molecule has 0 radical (unpaired) electrons. The molecule has 1 heterocycles. The predicted molar refractivity (Wildman–Crippen MR) is 67.7 cm³/mol. The molecule has 18 heavy (non-hydrogen) atoms. The number of aromatic nitrogens is 2. The molecule has 0 fully saturated rings. The Labute approximate surface area is 110 Å². The maximum Gasteiger partial charge on any atom is 0.326 e. The van der Waals surface area contributed by atoms with Crippen LogP contribution in [0.1, 0.15) is 48.5 Å². The number of rotatable bonds is 7. The lowest BCUT2D eigenvalue weighted by Crippen LogP contribution is -2.40. The second kappa shape index (κ2) is 7.05. The highest BCUT2D eigenvalue weighted by atomic mass is 32.1. The largest absolute Gasteiger partial charge is 0.480 e. The normalized spacial score (nSPS) is 12.1. The summed E-state index contributed by atoms with van der Waals surface area (Å²) in [6, 6.07) is -0.843. The molecule has 0 aromatic carbocycles. The zero-order valence-electron chi connectivity index (χ0n) is 10.5. The molecule has 0 unspecified atom stereocenters. The van der Waals surface area contributed by atoms with Crippen molar-refractivity contribution in [2.75, 3.05) is 0 Å². The lowest BCUT2D eigenvalue weighted by Gasteiger charge is -2.13. The number of amides is 1. The fourth-order valence-corrected chi connectivity index (χ4v) is 2.16. The molecule has 0 bridgehead atoms. The Kier molecular flexibility index (Phi) is 5.70. The smallest absolute Gasteiger partial charge is 0.326 e. The van der Waals surface area contributed by atoms with Crippen LogP contribution < -0.4 is 5.32 Å². The van der Waals surface area contributed by atoms with Gasteiger partial charge in [-0.15, -0.1) is 5.10 Å². The van der Waals surface area contributed by atoms with Crippen LogP contribution in [0.2, 0.25) is 0 Å². The number of hydrogen-bond acceptors (Lipinski definition) is 5. The van der Waals surface area contributed by atoms with Crippen molar-refractivity contribution < 1.29 is 14.7 Å². The van der Waals surface area contributed by atoms with E-state index >= 15 is 0 Å². The van der Waals surface area contributed by atoms with E-state index in [-0.39, 0.29) is 0 Å². The minimum absolute atomic E-state index is 0.398. The lowest BCUT2D eigenvalue weighted by atomic mass is 10.1. The summed E-state index contributed by atoms with van der Waals surface area (Å²) in [5.74, 6) is -1.40. The maximum atomic E-state index is 11.9. The van der Waals surface area contributed by atoms with Crippen LogP contribution in [0.4, 0.5) is 0 Å². The van der Waals surface area contributed by atoms with Crippen LogP contribution in [0.15, 0.2) is 0 Å². The van der Waals surface area contributed by atoms with Gasteiger partial charge in [-0.2, -0.15) is 0 Å². The van der Waals surface area contributed by atoms with E-state index in [4.69, 9.17) is 5.11 Å². The lowest BCUT2D eigenvalue weighted by molar-refractivity contribution is -0.139. The van der Waals surface area contributed by atoms with Crippen LogP contribution in [0.25, 0.3) is 0 Å². The molecule has 1 aromatic heterocycles. The summed E-state index contributed by atoms with van der Waals surface area (Å²) >= 11 is 0.994. The third kappa shape index (κ3) is 3.76. The highest BCUT2D eigenvalue weighted by Crippen LogP contribution is 2.12. The van der Waals surface area contributed by atoms with Crippen molar-refractivity contribution in [1.82, 2.24) is 14.9 Å². The topological polar surface area (TPSA) is 92.2 Å². The predicted octanol–water partition coefficient (Wildman–Crippen LogP) is 1.47. The molecule has 0 aliphatic rings. The van der Waals surface area contributed by atoms with Crippen LogP contribution in [0.3, 0.4) is 0 Å². The monoisotopic (exact) mass is 271 g/mol. The van der Waals surface area contributed by atoms with Crippen LogP contribution in [-0.4, -0.2) is 32.6 Å². The average molecular weight is 271 g/mol. The fourth-order valence-electron chi connectivity index (χ4n) is 1.50. The molecule has 7 heteroatoms. The Morgan fingerprint density at radius 1 is 1.44 bits per heavy atom. The number of carboxylic acids is 1. The van der Waals surface area contributed by atoms with Crippen molar-refractivity contribution >= 4 is 23.4 Å². The van der Waals surface area contributed by atoms with Gasteiger partial charge in [0.25, 0.3) is 5.91 Å². The summed E-state index contributed by atoms with van der Waals surface area (Å²) < 4.78 is 3.71. The molecule has 6 nitrogen and oxygen atoms in total. The number of nitrogens with zero attached hydrogens (tertiary/aromatic N) is 2. The van der Waals surface area contributed by atoms with E-state index in [0.29, 0.717) is 23.4 Å². The Morgan fingerprint density at radius 2 is 2.17 bits per heavy atom. The average Bonchev–Trinajstić information content (AvgIpc) is 2.82. The number of aryl methyl sites for hydroxylation is 1. The van der Waals surface area contributed by atoms with Crippen molar-refractivity contribution in [1.29, 1.82) is 0 Å². The third-order valence-electron chi connectivity index (χ3n) is 2.55. The third-order valence-corrected chi connectivity index (χ3v) is 3.31. The zero-order valence-corrected chi connectivity index (χ0v) is 11.3. The van der Waals surface area contributed by atoms with Crippen molar-refractivity contribution in [2.24, 2.45) is 0 Å². The molecule has 0 saturated carbocycles. The highest BCUT2D eigenvalue weighted by Gasteiger charge is 2.22.